The zero-order chi connectivity index (χ0) is 19.1. The van der Waals surface area contributed by atoms with Crippen LogP contribution in [0.2, 0.25) is 0 Å². The Kier molecular flexibility index (Phi) is 6.64. The Morgan fingerprint density at radius 3 is 2.78 bits per heavy atom. The summed E-state index contributed by atoms with van der Waals surface area (Å²) in [5.74, 6) is -0.611. The van der Waals surface area contributed by atoms with Crippen LogP contribution in [0, 0.1) is 0 Å². The van der Waals surface area contributed by atoms with Gasteiger partial charge in [-0.15, -0.1) is 0 Å². The Balaban J connectivity index is 1.57. The highest BCUT2D eigenvalue weighted by Gasteiger charge is 2.21. The fourth-order valence-electron chi connectivity index (χ4n) is 2.93. The molecule has 1 aliphatic rings. The number of anilines is 1. The fourth-order valence-corrected chi connectivity index (χ4v) is 3.31. The molecule has 0 bridgehead atoms. The normalized spacial score (nSPS) is 14.4. The summed E-state index contributed by atoms with van der Waals surface area (Å²) in [6.07, 6.45) is 7.13. The first-order valence-electron chi connectivity index (χ1n) is 8.81. The third kappa shape index (κ3) is 5.68. The maximum absolute atomic E-state index is 11.9. The van der Waals surface area contributed by atoms with Crippen LogP contribution in [0.3, 0.4) is 0 Å². The number of carbonyl (C=O) groups is 2. The molecule has 1 heterocycles. The Hall–Kier alpha value is -2.61. The van der Waals surface area contributed by atoms with Crippen LogP contribution in [0.4, 0.5) is 5.69 Å². The van der Waals surface area contributed by atoms with Crippen molar-refractivity contribution < 1.29 is 14.0 Å². The number of hydrogen-bond acceptors (Lipinski definition) is 5. The lowest BCUT2D eigenvalue weighted by Crippen LogP contribution is -2.42. The summed E-state index contributed by atoms with van der Waals surface area (Å²) in [5, 5.41) is 9.90. The smallest absolute Gasteiger partial charge is 0.329 e. The molecule has 1 fully saturated rings. The van der Waals surface area contributed by atoms with Crippen molar-refractivity contribution in [2.45, 2.75) is 38.3 Å². The molecule has 1 saturated carbocycles. The number of carbonyl (C=O) groups excluding carboxylic acids is 2. The van der Waals surface area contributed by atoms with E-state index in [-0.39, 0.29) is 6.04 Å². The molecule has 0 radical (unpaired) electrons. The van der Waals surface area contributed by atoms with E-state index in [1.54, 1.807) is 6.26 Å². The molecular formula is C19H21BrN4O3. The number of amides is 2. The Labute approximate surface area is 165 Å². The Bertz CT molecular complexity index is 814. The van der Waals surface area contributed by atoms with Crippen LogP contribution in [-0.4, -0.2) is 24.1 Å². The Morgan fingerprint density at radius 1 is 1.22 bits per heavy atom. The average molecular weight is 433 g/mol. The van der Waals surface area contributed by atoms with Crippen LogP contribution in [0.15, 0.2) is 50.6 Å². The zero-order valence-corrected chi connectivity index (χ0v) is 16.3. The van der Waals surface area contributed by atoms with Gasteiger partial charge in [-0.2, -0.15) is 5.10 Å². The van der Waals surface area contributed by atoms with Gasteiger partial charge in [0.25, 0.3) is 0 Å². The number of hydrogen-bond donors (Lipinski definition) is 3. The second kappa shape index (κ2) is 9.36. The molecule has 7 nitrogen and oxygen atoms in total. The van der Waals surface area contributed by atoms with Gasteiger partial charge in [0, 0.05) is 21.8 Å². The topological polar surface area (TPSA) is 95.7 Å². The molecule has 0 saturated heterocycles. The van der Waals surface area contributed by atoms with Crippen LogP contribution >= 0.6 is 15.9 Å². The fraction of sp³-hybridized carbons (Fsp3) is 0.316. The highest BCUT2D eigenvalue weighted by Crippen LogP contribution is 2.20. The van der Waals surface area contributed by atoms with Crippen molar-refractivity contribution >= 4 is 39.6 Å². The molecule has 1 aliphatic carbocycles. The van der Waals surface area contributed by atoms with Gasteiger partial charge in [-0.05, 0) is 43.2 Å². The molecule has 27 heavy (non-hydrogen) atoms. The van der Waals surface area contributed by atoms with E-state index in [1.807, 2.05) is 30.3 Å². The van der Waals surface area contributed by atoms with E-state index < -0.39 is 11.8 Å². The molecule has 0 unspecified atom stereocenters. The number of halogens is 1. The second-order valence-corrected chi connectivity index (χ2v) is 7.23. The molecule has 1 aromatic carbocycles. The van der Waals surface area contributed by atoms with Crippen molar-refractivity contribution in [1.82, 2.24) is 10.7 Å². The largest absolute Gasteiger partial charge is 0.467 e. The highest BCUT2D eigenvalue weighted by molar-refractivity contribution is 9.10. The van der Waals surface area contributed by atoms with E-state index in [0.717, 1.165) is 47.2 Å². The summed E-state index contributed by atoms with van der Waals surface area (Å²) in [4.78, 5) is 23.7. The SMILES string of the molecule is O=C(N/N=C\c1cc(Br)ccc1NCc1ccco1)C(=O)NC1CCCC1. The molecule has 0 atom stereocenters. The van der Waals surface area contributed by atoms with E-state index in [9.17, 15) is 9.59 Å². The molecule has 2 aromatic rings. The number of furan rings is 1. The predicted molar refractivity (Wildman–Crippen MR) is 106 cm³/mol. The Morgan fingerprint density at radius 2 is 2.04 bits per heavy atom. The number of benzene rings is 1. The summed E-state index contributed by atoms with van der Waals surface area (Å²) in [6.45, 7) is 0.519. The van der Waals surface area contributed by atoms with E-state index in [0.29, 0.717) is 6.54 Å². The van der Waals surface area contributed by atoms with Gasteiger partial charge in [0.15, 0.2) is 0 Å². The monoisotopic (exact) mass is 432 g/mol. The van der Waals surface area contributed by atoms with Gasteiger partial charge in [0.1, 0.15) is 5.76 Å². The van der Waals surface area contributed by atoms with Gasteiger partial charge < -0.3 is 15.1 Å². The molecule has 142 valence electrons. The number of rotatable bonds is 6. The predicted octanol–water partition coefficient (Wildman–Crippen LogP) is 3.16. The lowest BCUT2D eigenvalue weighted by Gasteiger charge is -2.10. The average Bonchev–Trinajstić information content (AvgIpc) is 3.34. The van der Waals surface area contributed by atoms with Crippen molar-refractivity contribution in [3.8, 4) is 0 Å². The lowest BCUT2D eigenvalue weighted by atomic mass is 10.2. The molecule has 8 heteroatoms. The summed E-state index contributed by atoms with van der Waals surface area (Å²) >= 11 is 3.42. The second-order valence-electron chi connectivity index (χ2n) is 6.32. The van der Waals surface area contributed by atoms with Gasteiger partial charge in [0.2, 0.25) is 0 Å². The maximum atomic E-state index is 11.9. The van der Waals surface area contributed by atoms with Gasteiger partial charge in [0.05, 0.1) is 19.0 Å². The van der Waals surface area contributed by atoms with E-state index in [4.69, 9.17) is 4.42 Å². The van der Waals surface area contributed by atoms with E-state index >= 15 is 0 Å². The van der Waals surface area contributed by atoms with Gasteiger partial charge >= 0.3 is 11.8 Å². The zero-order valence-electron chi connectivity index (χ0n) is 14.7. The molecule has 3 rings (SSSR count). The third-order valence-electron chi connectivity index (χ3n) is 4.31. The van der Waals surface area contributed by atoms with Crippen molar-refractivity contribution in [2.24, 2.45) is 5.10 Å². The molecule has 1 aromatic heterocycles. The summed E-state index contributed by atoms with van der Waals surface area (Å²) in [5.41, 5.74) is 3.86. The number of nitrogens with one attached hydrogen (secondary N) is 3. The minimum Gasteiger partial charge on any atom is -0.467 e. The molecule has 0 aliphatic heterocycles. The van der Waals surface area contributed by atoms with E-state index in [1.165, 1.54) is 6.21 Å². The summed E-state index contributed by atoms with van der Waals surface area (Å²) < 4.78 is 6.18. The van der Waals surface area contributed by atoms with Crippen molar-refractivity contribution in [3.05, 3.63) is 52.4 Å². The standard InChI is InChI=1S/C19H21BrN4O3/c20-14-7-8-17(21-12-16-6-3-9-27-16)13(10-14)11-22-24-19(26)18(25)23-15-4-1-2-5-15/h3,6-11,15,21H,1-2,4-5,12H2,(H,23,25)(H,24,26)/b22-11-. The molecule has 0 spiro atoms. The van der Waals surface area contributed by atoms with Crippen LogP contribution in [-0.2, 0) is 16.1 Å². The molecular weight excluding hydrogens is 412 g/mol. The number of nitrogens with zero attached hydrogens (tertiary/aromatic N) is 1. The lowest BCUT2D eigenvalue weighted by molar-refractivity contribution is -0.139. The first-order chi connectivity index (χ1) is 13.1. The van der Waals surface area contributed by atoms with Crippen molar-refractivity contribution in [3.63, 3.8) is 0 Å². The summed E-state index contributed by atoms with van der Waals surface area (Å²) in [7, 11) is 0. The van der Waals surface area contributed by atoms with Crippen LogP contribution in [0.5, 0.6) is 0 Å². The first-order valence-corrected chi connectivity index (χ1v) is 9.61. The van der Waals surface area contributed by atoms with E-state index in [2.05, 4.69) is 37.1 Å². The quantitative estimate of drug-likeness (QED) is 0.371. The molecule has 2 amide bonds. The van der Waals surface area contributed by atoms with Crippen LogP contribution < -0.4 is 16.1 Å². The minimum atomic E-state index is -0.766. The van der Waals surface area contributed by atoms with Gasteiger partial charge in [-0.1, -0.05) is 28.8 Å². The third-order valence-corrected chi connectivity index (χ3v) is 4.81. The highest BCUT2D eigenvalue weighted by atomic mass is 79.9. The van der Waals surface area contributed by atoms with Crippen molar-refractivity contribution in [2.75, 3.05) is 5.32 Å². The number of hydrazone groups is 1. The van der Waals surface area contributed by atoms with Crippen molar-refractivity contribution in [1.29, 1.82) is 0 Å². The summed E-state index contributed by atoms with van der Waals surface area (Å²) in [6, 6.07) is 9.45. The van der Waals surface area contributed by atoms with Crippen LogP contribution in [0.1, 0.15) is 37.0 Å². The van der Waals surface area contributed by atoms with Gasteiger partial charge in [-0.25, -0.2) is 5.43 Å². The van der Waals surface area contributed by atoms with Gasteiger partial charge in [-0.3, -0.25) is 9.59 Å². The minimum absolute atomic E-state index is 0.0923. The molecule has 3 N–H and O–H groups in total. The first kappa shape index (κ1) is 19.2. The maximum Gasteiger partial charge on any atom is 0.329 e. The van der Waals surface area contributed by atoms with Crippen LogP contribution in [0.25, 0.3) is 0 Å².